The predicted molar refractivity (Wildman–Crippen MR) is 77.8 cm³/mol. The van der Waals surface area contributed by atoms with E-state index in [0.717, 1.165) is 22.8 Å². The highest BCUT2D eigenvalue weighted by atomic mass is 16.5. The lowest BCUT2D eigenvalue weighted by Crippen LogP contribution is -2.07. The summed E-state index contributed by atoms with van der Waals surface area (Å²) in [6.07, 6.45) is 0. The number of nitrogens with one attached hydrogen (secondary N) is 1. The first-order chi connectivity index (χ1) is 9.60. The first-order valence-corrected chi connectivity index (χ1v) is 6.53. The molecule has 0 amide bonds. The van der Waals surface area contributed by atoms with Crippen LogP contribution in [0.2, 0.25) is 0 Å². The molecule has 0 fully saturated rings. The van der Waals surface area contributed by atoms with Crippen LogP contribution in [0.5, 0.6) is 5.75 Å². The molecule has 2 rings (SSSR count). The summed E-state index contributed by atoms with van der Waals surface area (Å²) in [7, 11) is 0. The summed E-state index contributed by atoms with van der Waals surface area (Å²) >= 11 is 0. The molecule has 0 spiro atoms. The van der Waals surface area contributed by atoms with E-state index in [1.54, 1.807) is 0 Å². The van der Waals surface area contributed by atoms with Crippen molar-refractivity contribution in [1.29, 1.82) is 5.26 Å². The zero-order chi connectivity index (χ0) is 14.5. The van der Waals surface area contributed by atoms with E-state index in [9.17, 15) is 0 Å². The molecule has 1 unspecified atom stereocenters. The molecule has 0 aliphatic carbocycles. The van der Waals surface area contributed by atoms with Crippen molar-refractivity contribution in [2.24, 2.45) is 0 Å². The van der Waals surface area contributed by atoms with Gasteiger partial charge < -0.3 is 14.5 Å². The second-order valence-electron chi connectivity index (χ2n) is 4.71. The van der Waals surface area contributed by atoms with E-state index < -0.39 is 0 Å². The van der Waals surface area contributed by atoms with Crippen molar-refractivity contribution in [2.45, 2.75) is 26.8 Å². The highest BCUT2D eigenvalue weighted by Gasteiger charge is 2.12. The minimum Gasteiger partial charge on any atom is -0.479 e. The fraction of sp³-hybridized carbons (Fsp3) is 0.312. The summed E-state index contributed by atoms with van der Waals surface area (Å²) < 4.78 is 10.8. The second kappa shape index (κ2) is 6.16. The van der Waals surface area contributed by atoms with Crippen LogP contribution in [0.25, 0.3) is 0 Å². The zero-order valence-electron chi connectivity index (χ0n) is 11.9. The lowest BCUT2D eigenvalue weighted by molar-refractivity contribution is 0.368. The van der Waals surface area contributed by atoms with Crippen LogP contribution in [0.15, 0.2) is 34.7 Å². The van der Waals surface area contributed by atoms with E-state index in [1.807, 2.05) is 50.2 Å². The van der Waals surface area contributed by atoms with Gasteiger partial charge in [0.1, 0.15) is 23.3 Å². The number of anilines is 1. The summed E-state index contributed by atoms with van der Waals surface area (Å²) in [5.74, 6) is 2.53. The average Bonchev–Trinajstić information content (AvgIpc) is 2.76. The van der Waals surface area contributed by atoms with E-state index >= 15 is 0 Å². The largest absolute Gasteiger partial charge is 0.479 e. The van der Waals surface area contributed by atoms with Crippen LogP contribution in [-0.4, -0.2) is 6.61 Å². The molecule has 0 aliphatic rings. The second-order valence-corrected chi connectivity index (χ2v) is 4.71. The van der Waals surface area contributed by atoms with Crippen molar-refractivity contribution in [3.8, 4) is 11.8 Å². The molecule has 1 atom stereocenters. The average molecular weight is 270 g/mol. The van der Waals surface area contributed by atoms with Crippen LogP contribution in [0.1, 0.15) is 30.0 Å². The van der Waals surface area contributed by atoms with Gasteiger partial charge in [-0.1, -0.05) is 6.07 Å². The molecule has 1 aromatic carbocycles. The topological polar surface area (TPSA) is 58.2 Å². The van der Waals surface area contributed by atoms with Gasteiger partial charge in [0.05, 0.1) is 6.04 Å². The van der Waals surface area contributed by atoms with Crippen LogP contribution in [-0.2, 0) is 0 Å². The third-order valence-electron chi connectivity index (χ3n) is 3.07. The minimum atomic E-state index is 0.0546. The Hall–Kier alpha value is -2.41. The summed E-state index contributed by atoms with van der Waals surface area (Å²) in [5.41, 5.74) is 2.09. The summed E-state index contributed by atoms with van der Waals surface area (Å²) in [6, 6.07) is 11.7. The van der Waals surface area contributed by atoms with Gasteiger partial charge in [0.2, 0.25) is 0 Å². The monoisotopic (exact) mass is 270 g/mol. The summed E-state index contributed by atoms with van der Waals surface area (Å²) in [6.45, 7) is 6.05. The number of nitriles is 1. The molecular formula is C16H18N2O2. The van der Waals surface area contributed by atoms with Crippen LogP contribution in [0.3, 0.4) is 0 Å². The fourth-order valence-corrected chi connectivity index (χ4v) is 2.20. The van der Waals surface area contributed by atoms with Crippen molar-refractivity contribution in [3.05, 3.63) is 47.4 Å². The lowest BCUT2D eigenvalue weighted by atomic mass is 10.1. The third kappa shape index (κ3) is 3.33. The number of rotatable bonds is 5. The highest BCUT2D eigenvalue weighted by Crippen LogP contribution is 2.26. The molecule has 2 aromatic rings. The Morgan fingerprint density at radius 2 is 2.15 bits per heavy atom. The Morgan fingerprint density at radius 3 is 2.80 bits per heavy atom. The predicted octanol–water partition coefficient (Wildman–Crippen LogP) is 3.97. The van der Waals surface area contributed by atoms with Crippen molar-refractivity contribution in [3.63, 3.8) is 0 Å². The summed E-state index contributed by atoms with van der Waals surface area (Å²) in [4.78, 5) is 0. The molecular weight excluding hydrogens is 252 g/mol. The first kappa shape index (κ1) is 14.0. The number of ether oxygens (including phenoxy) is 1. The van der Waals surface area contributed by atoms with Gasteiger partial charge in [-0.15, -0.1) is 0 Å². The SMILES string of the molecule is Cc1cc(C(C)Nc2cccc(OCC#N)c2)c(C)o1. The van der Waals surface area contributed by atoms with Crippen LogP contribution in [0.4, 0.5) is 5.69 Å². The maximum absolute atomic E-state index is 8.52. The van der Waals surface area contributed by atoms with E-state index in [1.165, 1.54) is 0 Å². The Kier molecular flexibility index (Phi) is 4.31. The van der Waals surface area contributed by atoms with Gasteiger partial charge in [0.25, 0.3) is 0 Å². The minimum absolute atomic E-state index is 0.0546. The van der Waals surface area contributed by atoms with E-state index in [-0.39, 0.29) is 12.6 Å². The van der Waals surface area contributed by atoms with E-state index in [4.69, 9.17) is 14.4 Å². The van der Waals surface area contributed by atoms with Crippen LogP contribution < -0.4 is 10.1 Å². The Balaban J connectivity index is 2.09. The van der Waals surface area contributed by atoms with Gasteiger partial charge in [0, 0.05) is 17.3 Å². The smallest absolute Gasteiger partial charge is 0.174 e. The van der Waals surface area contributed by atoms with Gasteiger partial charge in [-0.2, -0.15) is 5.26 Å². The maximum atomic E-state index is 8.52. The Labute approximate surface area is 119 Å². The molecule has 4 nitrogen and oxygen atoms in total. The van der Waals surface area contributed by atoms with Gasteiger partial charge in [0.15, 0.2) is 6.61 Å². The Bertz CT molecular complexity index is 626. The molecule has 0 bridgehead atoms. The molecule has 0 radical (unpaired) electrons. The van der Waals surface area contributed by atoms with Crippen molar-refractivity contribution >= 4 is 5.69 Å². The fourth-order valence-electron chi connectivity index (χ4n) is 2.20. The standard InChI is InChI=1S/C16H18N2O2/c1-11-9-16(13(3)20-11)12(2)18-14-5-4-6-15(10-14)19-8-7-17/h4-6,9-10,12,18H,8H2,1-3H3. The van der Waals surface area contributed by atoms with Crippen LogP contribution in [0, 0.1) is 25.2 Å². The quantitative estimate of drug-likeness (QED) is 0.893. The molecule has 0 saturated carbocycles. The first-order valence-electron chi connectivity index (χ1n) is 6.53. The molecule has 4 heteroatoms. The van der Waals surface area contributed by atoms with Crippen molar-refractivity contribution in [1.82, 2.24) is 0 Å². The third-order valence-corrected chi connectivity index (χ3v) is 3.07. The maximum Gasteiger partial charge on any atom is 0.174 e. The lowest BCUT2D eigenvalue weighted by Gasteiger charge is -2.15. The molecule has 0 saturated heterocycles. The number of benzene rings is 1. The number of furan rings is 1. The van der Waals surface area contributed by atoms with Crippen molar-refractivity contribution < 1.29 is 9.15 Å². The van der Waals surface area contributed by atoms with E-state index in [0.29, 0.717) is 5.75 Å². The van der Waals surface area contributed by atoms with Gasteiger partial charge in [-0.25, -0.2) is 0 Å². The highest BCUT2D eigenvalue weighted by molar-refractivity contribution is 5.50. The van der Waals surface area contributed by atoms with Crippen LogP contribution >= 0.6 is 0 Å². The molecule has 1 aromatic heterocycles. The Morgan fingerprint density at radius 1 is 1.35 bits per heavy atom. The van der Waals surface area contributed by atoms with Gasteiger partial charge in [-0.3, -0.25) is 0 Å². The molecule has 1 heterocycles. The molecule has 104 valence electrons. The van der Waals surface area contributed by atoms with Gasteiger partial charge >= 0.3 is 0 Å². The zero-order valence-corrected chi connectivity index (χ0v) is 11.9. The summed E-state index contributed by atoms with van der Waals surface area (Å²) in [5, 5.41) is 11.9. The number of hydrogen-bond donors (Lipinski definition) is 1. The molecule has 20 heavy (non-hydrogen) atoms. The number of hydrogen-bond acceptors (Lipinski definition) is 4. The van der Waals surface area contributed by atoms with Gasteiger partial charge in [-0.05, 0) is 39.0 Å². The number of nitrogens with zero attached hydrogens (tertiary/aromatic N) is 1. The normalized spacial score (nSPS) is 11.7. The van der Waals surface area contributed by atoms with Crippen molar-refractivity contribution in [2.75, 3.05) is 11.9 Å². The molecule has 0 aliphatic heterocycles. The molecule has 1 N–H and O–H groups in total. The number of aryl methyl sites for hydroxylation is 2. The van der Waals surface area contributed by atoms with E-state index in [2.05, 4.69) is 12.2 Å².